The predicted molar refractivity (Wildman–Crippen MR) is 196 cm³/mol. The summed E-state index contributed by atoms with van der Waals surface area (Å²) in [6, 6.07) is 6.30. The largest absolute Gasteiger partial charge is 1.00 e. The maximum atomic E-state index is 11.8. The average molecular weight is 830 g/mol. The van der Waals surface area contributed by atoms with Gasteiger partial charge in [-0.1, -0.05) is 24.8 Å². The number of carbonyl (C=O) groups is 4. The van der Waals surface area contributed by atoms with Gasteiger partial charge in [0.2, 0.25) is 11.8 Å². The van der Waals surface area contributed by atoms with E-state index in [4.69, 9.17) is 30.2 Å². The third-order valence-corrected chi connectivity index (χ3v) is 11.3. The van der Waals surface area contributed by atoms with E-state index in [1.165, 1.54) is 0 Å². The number of carboxylic acid groups (broad SMARTS) is 2. The number of primary amides is 2. The van der Waals surface area contributed by atoms with Crippen molar-refractivity contribution in [1.82, 2.24) is 20.4 Å². The van der Waals surface area contributed by atoms with Crippen LogP contribution in [0.3, 0.4) is 0 Å². The van der Waals surface area contributed by atoms with Crippen molar-refractivity contribution in [2.24, 2.45) is 11.5 Å². The summed E-state index contributed by atoms with van der Waals surface area (Å²) in [5.74, 6) is -3.01. The van der Waals surface area contributed by atoms with Gasteiger partial charge in [-0.05, 0) is 48.9 Å². The molecule has 6 heterocycles. The first-order chi connectivity index (χ1) is 26.5. The van der Waals surface area contributed by atoms with E-state index in [0.29, 0.717) is 76.1 Å². The quantitative estimate of drug-likeness (QED) is 0.0995. The molecule has 24 heteroatoms. The molecule has 12 N–H and O–H groups in total. The second-order valence-corrected chi connectivity index (χ2v) is 15.4. The molecule has 4 atom stereocenters. The van der Waals surface area contributed by atoms with Crippen molar-refractivity contribution in [3.8, 4) is 23.0 Å². The molecule has 20 nitrogen and oxygen atoms in total. The molecule has 4 saturated heterocycles. The molecule has 0 aliphatic carbocycles. The number of hydrogen-bond acceptors (Lipinski definition) is 16. The molecule has 2 aromatic carbocycles. The zero-order chi connectivity index (χ0) is 40.1. The molecule has 6 aliphatic heterocycles. The van der Waals surface area contributed by atoms with Crippen molar-refractivity contribution in [2.45, 2.75) is 74.7 Å². The molecule has 58 heavy (non-hydrogen) atoms. The number of carbonyl (C=O) groups excluding carboxylic acids is 2. The van der Waals surface area contributed by atoms with Gasteiger partial charge in [0.25, 0.3) is 0 Å². The van der Waals surface area contributed by atoms with E-state index in [-0.39, 0.29) is 154 Å². The zero-order valence-electron chi connectivity index (χ0n) is 32.4. The Bertz CT molecular complexity index is 1770. The van der Waals surface area contributed by atoms with Crippen LogP contribution in [-0.4, -0.2) is 153 Å². The van der Waals surface area contributed by atoms with Gasteiger partial charge in [-0.15, -0.1) is 0 Å². The number of fused-ring (bicyclic) bond motifs is 2. The molecule has 0 aromatic heterocycles. The van der Waals surface area contributed by atoms with Crippen LogP contribution in [0, 0.1) is 0 Å². The number of benzene rings is 2. The summed E-state index contributed by atoms with van der Waals surface area (Å²) in [7, 11) is 0. The Morgan fingerprint density at radius 2 is 1.02 bits per heavy atom. The molecular weight excluding hydrogens is 784 g/mol. The smallest absolute Gasteiger partial charge is 0.669 e. The molecule has 6 aliphatic rings. The summed E-state index contributed by atoms with van der Waals surface area (Å²) in [5.41, 5.74) is 11.5. The number of nitrogens with two attached hydrogens (primary N) is 2. The van der Waals surface area contributed by atoms with E-state index in [1.807, 2.05) is 0 Å². The van der Waals surface area contributed by atoms with Gasteiger partial charge in [-0.25, -0.2) is 9.59 Å². The Labute approximate surface area is 377 Å². The normalized spacial score (nSPS) is 25.9. The van der Waals surface area contributed by atoms with Crippen molar-refractivity contribution in [3.05, 3.63) is 46.5 Å². The molecule has 2 aromatic rings. The van der Waals surface area contributed by atoms with Crippen LogP contribution in [0.1, 0.15) is 44.7 Å². The number of nitrogens with one attached hydrogen (secondary N) is 2. The third kappa shape index (κ3) is 10.3. The summed E-state index contributed by atoms with van der Waals surface area (Å²) in [5, 5.41) is 64.6. The van der Waals surface area contributed by atoms with Crippen LogP contribution in [-0.2, 0) is 22.4 Å². The maximum absolute atomic E-state index is 11.8. The molecule has 0 radical (unpaired) electrons. The van der Waals surface area contributed by atoms with E-state index < -0.39 is 25.4 Å². The second kappa shape index (κ2) is 18.5. The number of aryl methyl sites for hydroxylation is 2. The number of likely N-dealkylation sites (tertiary alicyclic amines) is 2. The Hall–Kier alpha value is -2.67. The second-order valence-electron chi connectivity index (χ2n) is 15.4. The van der Waals surface area contributed by atoms with Crippen molar-refractivity contribution >= 4 is 37.3 Å². The number of rotatable bonds is 10. The predicted octanol–water partition coefficient (Wildman–Crippen LogP) is -8.95. The van der Waals surface area contributed by atoms with E-state index >= 15 is 0 Å². The van der Waals surface area contributed by atoms with Crippen LogP contribution in [0.2, 0.25) is 12.6 Å². The minimum absolute atomic E-state index is 0. The van der Waals surface area contributed by atoms with Crippen molar-refractivity contribution in [3.63, 3.8) is 0 Å². The van der Waals surface area contributed by atoms with Gasteiger partial charge in [0.05, 0.1) is 23.6 Å². The molecule has 4 fully saturated rings. The first-order valence-electron chi connectivity index (χ1n) is 18.7. The van der Waals surface area contributed by atoms with Crippen LogP contribution < -0.4 is 100.0 Å². The van der Waals surface area contributed by atoms with Gasteiger partial charge in [-0.3, -0.25) is 19.4 Å². The molecular formula is C34H46B2N6Na2O14. The Morgan fingerprint density at radius 1 is 0.655 bits per heavy atom. The van der Waals surface area contributed by atoms with E-state index in [0.717, 1.165) is 0 Å². The zero-order valence-corrected chi connectivity index (χ0v) is 36.4. The van der Waals surface area contributed by atoms with Gasteiger partial charge in [0.1, 0.15) is 34.8 Å². The van der Waals surface area contributed by atoms with Crippen molar-refractivity contribution < 1.29 is 127 Å². The number of amides is 2. The molecule has 304 valence electrons. The van der Waals surface area contributed by atoms with Gasteiger partial charge in [0, 0.05) is 51.4 Å². The number of carboxylic acids is 2. The molecule has 0 saturated carbocycles. The minimum atomic E-state index is -3.07. The molecule has 0 spiro atoms. The SMILES string of the molecule is NC(=O)[C@H]1C[C@H](N2CC(Oc3ccc4c(c3C(=O)O)O[B-](O)(O)CC4)C2)CN1.NC(=O)[C@H]1C[C@H](N2CC(Oc3ccc4c(c3C(=O)O)O[B-](O)(O)CC4)C2)CN1.[Na+].[Na+]. The Morgan fingerprint density at radius 3 is 1.33 bits per heavy atom. The summed E-state index contributed by atoms with van der Waals surface area (Å²) in [6.07, 6.45) is 1.55. The van der Waals surface area contributed by atoms with Crippen LogP contribution in [0.4, 0.5) is 0 Å². The van der Waals surface area contributed by atoms with Gasteiger partial charge in [-0.2, -0.15) is 0 Å². The minimum Gasteiger partial charge on any atom is -0.669 e. The molecule has 0 bridgehead atoms. The maximum Gasteiger partial charge on any atom is 1.00 e. The average Bonchev–Trinajstić information content (AvgIpc) is 3.77. The summed E-state index contributed by atoms with van der Waals surface area (Å²) in [6.45, 7) is -2.39. The van der Waals surface area contributed by atoms with Gasteiger partial charge in [0.15, 0.2) is 0 Å². The fraction of sp³-hybridized carbons (Fsp3) is 0.529. The number of nitrogens with zero attached hydrogens (tertiary/aromatic N) is 2. The van der Waals surface area contributed by atoms with Gasteiger partial charge < -0.3 is 71.2 Å². The third-order valence-electron chi connectivity index (χ3n) is 11.3. The van der Waals surface area contributed by atoms with Crippen molar-refractivity contribution in [2.75, 3.05) is 39.3 Å². The van der Waals surface area contributed by atoms with E-state index in [9.17, 15) is 49.5 Å². The fourth-order valence-electron chi connectivity index (χ4n) is 8.13. The Kier molecular flexibility index (Phi) is 14.8. The molecule has 8 rings (SSSR count). The monoisotopic (exact) mass is 830 g/mol. The summed E-state index contributed by atoms with van der Waals surface area (Å²) in [4.78, 5) is 50.4. The summed E-state index contributed by atoms with van der Waals surface area (Å²) < 4.78 is 22.1. The fourth-order valence-corrected chi connectivity index (χ4v) is 8.13. The van der Waals surface area contributed by atoms with Crippen LogP contribution in [0.5, 0.6) is 23.0 Å². The Balaban J connectivity index is 0.000000214. The number of aromatic carboxylic acids is 2. The molecule has 0 unspecified atom stereocenters. The molecule has 2 amide bonds. The van der Waals surface area contributed by atoms with Crippen LogP contribution >= 0.6 is 0 Å². The van der Waals surface area contributed by atoms with Crippen LogP contribution in [0.25, 0.3) is 0 Å². The number of ether oxygens (including phenoxy) is 2. The summed E-state index contributed by atoms with van der Waals surface area (Å²) >= 11 is 0. The standard InChI is InChI=1S/2C17H23BN3O7.2Na/c2*19-16(22)12-5-10(6-20-12)21-7-11(8-21)27-13-2-1-9-3-4-18(25,26)28-15(9)14(13)17(23)24;;/h2*1-2,10-12,20,25-26H,3-8H2,(H2,19,22)(H,23,24);;/q2*-1;2*+1/t2*10-,12+;;/m00../s1. The van der Waals surface area contributed by atoms with Crippen molar-refractivity contribution in [1.29, 1.82) is 0 Å². The number of hydrogen-bond donors (Lipinski definition) is 10. The first kappa shape index (κ1) is 46.4. The first-order valence-corrected chi connectivity index (χ1v) is 18.7. The van der Waals surface area contributed by atoms with E-state index in [1.54, 1.807) is 24.3 Å². The van der Waals surface area contributed by atoms with Crippen LogP contribution in [0.15, 0.2) is 24.3 Å². The topological polar surface area (TPSA) is 309 Å². The van der Waals surface area contributed by atoms with E-state index in [2.05, 4.69) is 20.4 Å². The van der Waals surface area contributed by atoms with Gasteiger partial charge >= 0.3 is 84.6 Å².